The van der Waals surface area contributed by atoms with Gasteiger partial charge < -0.3 is 10.0 Å². The molecule has 0 aliphatic carbocycles. The Bertz CT molecular complexity index is 870. The van der Waals surface area contributed by atoms with Crippen LogP contribution in [0.1, 0.15) is 31.0 Å². The number of aliphatic carboxylic acids is 1. The van der Waals surface area contributed by atoms with E-state index in [0.717, 1.165) is 27.8 Å². The van der Waals surface area contributed by atoms with Crippen LogP contribution in [0.2, 0.25) is 0 Å². The Morgan fingerprint density at radius 3 is 2.85 bits per heavy atom. The maximum absolute atomic E-state index is 11.9. The summed E-state index contributed by atoms with van der Waals surface area (Å²) in [5, 5.41) is 9.77. The van der Waals surface area contributed by atoms with Crippen molar-refractivity contribution in [1.29, 1.82) is 0 Å². The molecule has 26 heavy (non-hydrogen) atoms. The minimum Gasteiger partial charge on any atom is -0.480 e. The summed E-state index contributed by atoms with van der Waals surface area (Å²) in [5.41, 5.74) is 3.02. The number of fused-ring (bicyclic) bond motifs is 1. The van der Waals surface area contributed by atoms with E-state index in [1.807, 2.05) is 43.3 Å². The average Bonchev–Trinajstić information content (AvgIpc) is 2.76. The number of carbonyl (C=O) groups is 1. The molecule has 0 saturated carbocycles. The first-order valence-corrected chi connectivity index (χ1v) is 9.53. The first-order valence-electron chi connectivity index (χ1n) is 8.33. The summed E-state index contributed by atoms with van der Waals surface area (Å²) in [4.78, 5) is 23.2. The van der Waals surface area contributed by atoms with Gasteiger partial charge in [-0.1, -0.05) is 47.6 Å². The number of aliphatic imine (C=N–C) groups is 1. The number of carboxylic acids is 1. The van der Waals surface area contributed by atoms with Crippen LogP contribution in [0.15, 0.2) is 52.1 Å². The highest BCUT2D eigenvalue weighted by Crippen LogP contribution is 2.32. The van der Waals surface area contributed by atoms with Crippen molar-refractivity contribution in [1.82, 2.24) is 4.98 Å². The zero-order valence-corrected chi connectivity index (χ0v) is 16.6. The monoisotopic (exact) mass is 431 g/mol. The molecule has 1 unspecified atom stereocenters. The average molecular weight is 432 g/mol. The van der Waals surface area contributed by atoms with Gasteiger partial charge in [-0.15, -0.1) is 0 Å². The van der Waals surface area contributed by atoms with Gasteiger partial charge in [-0.3, -0.25) is 9.98 Å². The fraction of sp³-hybridized carbons (Fsp3) is 0.263. The molecule has 2 aromatic rings. The van der Waals surface area contributed by atoms with Crippen LogP contribution in [-0.2, 0) is 4.79 Å². The number of hydrogen-bond acceptors (Lipinski definition) is 4. The lowest BCUT2D eigenvalue weighted by Gasteiger charge is -2.31. The van der Waals surface area contributed by atoms with Gasteiger partial charge in [0.1, 0.15) is 11.0 Å². The summed E-state index contributed by atoms with van der Waals surface area (Å²) in [6.07, 6.45) is 2.97. The van der Waals surface area contributed by atoms with Gasteiger partial charge in [-0.2, -0.15) is 0 Å². The summed E-state index contributed by atoms with van der Waals surface area (Å²) in [7, 11) is 0. The van der Waals surface area contributed by atoms with E-state index in [0.29, 0.717) is 17.1 Å². The molecule has 0 amide bonds. The zero-order valence-electron chi connectivity index (χ0n) is 14.2. The molecular formula is C19H18BrN3O2S. The zero-order chi connectivity index (χ0) is 18.7. The number of aromatic nitrogens is 1. The molecule has 5 nitrogen and oxygen atoms in total. The van der Waals surface area contributed by atoms with Crippen LogP contribution >= 0.6 is 28.1 Å². The first kappa shape index (κ1) is 18.7. The molecular weight excluding hydrogens is 414 g/mol. The lowest BCUT2D eigenvalue weighted by atomic mass is 10.0. The standard InChI is InChI=1S/C19H18BrN3O2S/c1-2-5-16(19(24)25)23-15-8-7-12(20)10-13(15)18(22-11-17(23)26)14-6-3-4-9-21-14/h3-4,6-10,16H,2,5,11H2,1H3,(H,24,25). The Balaban J connectivity index is 2.19. The van der Waals surface area contributed by atoms with E-state index in [1.54, 1.807) is 11.1 Å². The Morgan fingerprint density at radius 1 is 1.38 bits per heavy atom. The highest BCUT2D eigenvalue weighted by molar-refractivity contribution is 9.10. The highest BCUT2D eigenvalue weighted by Gasteiger charge is 2.32. The van der Waals surface area contributed by atoms with Crippen molar-refractivity contribution < 1.29 is 9.90 Å². The van der Waals surface area contributed by atoms with Crippen LogP contribution in [0.4, 0.5) is 5.69 Å². The van der Waals surface area contributed by atoms with Crippen molar-refractivity contribution in [2.45, 2.75) is 25.8 Å². The number of nitrogens with zero attached hydrogens (tertiary/aromatic N) is 3. The lowest BCUT2D eigenvalue weighted by Crippen LogP contribution is -2.45. The predicted molar refractivity (Wildman–Crippen MR) is 110 cm³/mol. The van der Waals surface area contributed by atoms with Gasteiger partial charge in [0.05, 0.1) is 23.6 Å². The summed E-state index contributed by atoms with van der Waals surface area (Å²) in [6, 6.07) is 10.6. The summed E-state index contributed by atoms with van der Waals surface area (Å²) >= 11 is 9.06. The van der Waals surface area contributed by atoms with Crippen molar-refractivity contribution in [2.75, 3.05) is 11.4 Å². The fourth-order valence-corrected chi connectivity index (χ4v) is 3.70. The molecule has 2 heterocycles. The van der Waals surface area contributed by atoms with E-state index in [1.165, 1.54) is 0 Å². The molecule has 3 rings (SSSR count). The molecule has 1 N–H and O–H groups in total. The first-order chi connectivity index (χ1) is 12.5. The molecule has 1 aliphatic rings. The number of thiocarbonyl (C=S) groups is 1. The van der Waals surface area contributed by atoms with Gasteiger partial charge in [0, 0.05) is 16.2 Å². The van der Waals surface area contributed by atoms with Crippen LogP contribution in [0.25, 0.3) is 0 Å². The smallest absolute Gasteiger partial charge is 0.326 e. The second kappa shape index (κ2) is 8.05. The van der Waals surface area contributed by atoms with E-state index < -0.39 is 12.0 Å². The van der Waals surface area contributed by atoms with Crippen LogP contribution in [0.3, 0.4) is 0 Å². The summed E-state index contributed by atoms with van der Waals surface area (Å²) < 4.78 is 0.884. The van der Waals surface area contributed by atoms with E-state index in [-0.39, 0.29) is 6.54 Å². The second-order valence-electron chi connectivity index (χ2n) is 5.95. The van der Waals surface area contributed by atoms with Crippen molar-refractivity contribution in [3.8, 4) is 0 Å². The van der Waals surface area contributed by atoms with E-state index in [4.69, 9.17) is 12.2 Å². The Morgan fingerprint density at radius 2 is 2.19 bits per heavy atom. The molecule has 7 heteroatoms. The minimum absolute atomic E-state index is 0.251. The van der Waals surface area contributed by atoms with Gasteiger partial charge in [0.25, 0.3) is 0 Å². The SMILES string of the molecule is CCCC(C(=O)O)N1C(=S)CN=C(c2ccccn2)c2cc(Br)ccc21. The molecule has 1 atom stereocenters. The van der Waals surface area contributed by atoms with Crippen molar-refractivity contribution in [2.24, 2.45) is 4.99 Å². The maximum atomic E-state index is 11.9. The Labute approximate surface area is 165 Å². The molecule has 0 radical (unpaired) electrons. The van der Waals surface area contributed by atoms with E-state index in [2.05, 4.69) is 25.9 Å². The number of halogens is 1. The predicted octanol–water partition coefficient (Wildman–Crippen LogP) is 4.08. The van der Waals surface area contributed by atoms with Crippen LogP contribution in [0.5, 0.6) is 0 Å². The normalized spacial score (nSPS) is 15.1. The molecule has 134 valence electrons. The van der Waals surface area contributed by atoms with Crippen molar-refractivity contribution >= 4 is 50.5 Å². The van der Waals surface area contributed by atoms with Crippen molar-refractivity contribution in [3.63, 3.8) is 0 Å². The van der Waals surface area contributed by atoms with Gasteiger partial charge in [0.2, 0.25) is 0 Å². The summed E-state index contributed by atoms with van der Waals surface area (Å²) in [6.45, 7) is 2.22. The number of anilines is 1. The molecule has 0 saturated heterocycles. The number of benzene rings is 1. The number of hydrogen-bond donors (Lipinski definition) is 1. The fourth-order valence-electron chi connectivity index (χ4n) is 3.05. The third-order valence-corrected chi connectivity index (χ3v) is 5.00. The van der Waals surface area contributed by atoms with Crippen LogP contribution < -0.4 is 4.90 Å². The quantitative estimate of drug-likeness (QED) is 0.722. The van der Waals surface area contributed by atoms with Crippen LogP contribution in [0, 0.1) is 0 Å². The van der Waals surface area contributed by atoms with Crippen molar-refractivity contribution in [3.05, 3.63) is 58.3 Å². The van der Waals surface area contributed by atoms with Gasteiger partial charge in [-0.25, -0.2) is 4.79 Å². The minimum atomic E-state index is -0.885. The highest BCUT2D eigenvalue weighted by atomic mass is 79.9. The van der Waals surface area contributed by atoms with E-state index in [9.17, 15) is 9.90 Å². The number of pyridine rings is 1. The number of benzodiazepines with no additional fused rings is 1. The Hall–Kier alpha value is -2.12. The number of carboxylic acid groups (broad SMARTS) is 1. The van der Waals surface area contributed by atoms with Gasteiger partial charge in [-0.05, 0) is 36.8 Å². The van der Waals surface area contributed by atoms with Crippen LogP contribution in [-0.4, -0.2) is 39.3 Å². The van der Waals surface area contributed by atoms with E-state index >= 15 is 0 Å². The third kappa shape index (κ3) is 3.68. The van der Waals surface area contributed by atoms with Gasteiger partial charge in [0.15, 0.2) is 0 Å². The summed E-state index contributed by atoms with van der Waals surface area (Å²) in [5.74, 6) is -0.885. The molecule has 0 spiro atoms. The lowest BCUT2D eigenvalue weighted by molar-refractivity contribution is -0.138. The Kier molecular flexibility index (Phi) is 5.78. The molecule has 1 aromatic heterocycles. The second-order valence-corrected chi connectivity index (χ2v) is 7.33. The number of rotatable bonds is 5. The van der Waals surface area contributed by atoms with Gasteiger partial charge >= 0.3 is 5.97 Å². The maximum Gasteiger partial charge on any atom is 0.326 e. The molecule has 0 fully saturated rings. The third-order valence-electron chi connectivity index (χ3n) is 4.18. The molecule has 1 aliphatic heterocycles. The molecule has 0 bridgehead atoms. The molecule has 1 aromatic carbocycles. The topological polar surface area (TPSA) is 65.8 Å². The largest absolute Gasteiger partial charge is 0.480 e.